The van der Waals surface area contributed by atoms with Gasteiger partial charge in [0, 0.05) is 0 Å². The summed E-state index contributed by atoms with van der Waals surface area (Å²) in [6.45, 7) is 1.91. The molecule has 0 radical (unpaired) electrons. The van der Waals surface area contributed by atoms with Crippen LogP contribution in [0.15, 0.2) is 0 Å². The van der Waals surface area contributed by atoms with Crippen LogP contribution in [0, 0.1) is 16.7 Å². The van der Waals surface area contributed by atoms with E-state index < -0.39 is 27.4 Å². The van der Waals surface area contributed by atoms with Crippen molar-refractivity contribution in [2.75, 3.05) is 5.75 Å². The summed E-state index contributed by atoms with van der Waals surface area (Å²) >= 11 is 0. The van der Waals surface area contributed by atoms with Gasteiger partial charge < -0.3 is 5.11 Å². The van der Waals surface area contributed by atoms with Gasteiger partial charge in [0.25, 0.3) is 0 Å². The van der Waals surface area contributed by atoms with Gasteiger partial charge in [0.1, 0.15) is 6.04 Å². The summed E-state index contributed by atoms with van der Waals surface area (Å²) in [5.74, 6) is -1.47. The SMILES string of the molecule is CCCCC(NS(=O)(=O)CC1(C#N)CCCC1)C(=O)O. The van der Waals surface area contributed by atoms with Crippen molar-refractivity contribution in [1.82, 2.24) is 4.72 Å². The molecule has 114 valence electrons. The third-order valence-electron chi connectivity index (χ3n) is 3.73. The smallest absolute Gasteiger partial charge is 0.321 e. The van der Waals surface area contributed by atoms with Crippen molar-refractivity contribution in [3.8, 4) is 6.07 Å². The fraction of sp³-hybridized carbons (Fsp3) is 0.846. The molecular weight excluding hydrogens is 280 g/mol. The molecule has 0 amide bonds. The first-order valence-electron chi connectivity index (χ1n) is 6.98. The van der Waals surface area contributed by atoms with E-state index in [0.29, 0.717) is 19.3 Å². The normalized spacial score (nSPS) is 19.4. The highest BCUT2D eigenvalue weighted by Crippen LogP contribution is 2.38. The minimum atomic E-state index is -3.76. The minimum absolute atomic E-state index is 0.268. The number of rotatable bonds is 8. The number of carbonyl (C=O) groups is 1. The van der Waals surface area contributed by atoms with Gasteiger partial charge in [0.05, 0.1) is 17.2 Å². The first-order valence-corrected chi connectivity index (χ1v) is 8.63. The third kappa shape index (κ3) is 4.76. The fourth-order valence-corrected chi connectivity index (χ4v) is 4.42. The van der Waals surface area contributed by atoms with E-state index in [0.717, 1.165) is 19.3 Å². The van der Waals surface area contributed by atoms with Crippen LogP contribution < -0.4 is 4.72 Å². The average molecular weight is 302 g/mol. The standard InChI is InChI=1S/C13H22N2O4S/c1-2-3-6-11(12(16)17)15-20(18,19)10-13(9-14)7-4-5-8-13/h11,15H,2-8,10H2,1H3,(H,16,17). The monoisotopic (exact) mass is 302 g/mol. The first kappa shape index (κ1) is 16.9. The summed E-state index contributed by atoms with van der Waals surface area (Å²) in [7, 11) is -3.76. The highest BCUT2D eigenvalue weighted by molar-refractivity contribution is 7.89. The van der Waals surface area contributed by atoms with Crippen molar-refractivity contribution < 1.29 is 18.3 Å². The Morgan fingerprint density at radius 3 is 2.50 bits per heavy atom. The summed E-state index contributed by atoms with van der Waals surface area (Å²) in [6, 6.07) is 1.01. The van der Waals surface area contributed by atoms with Crippen molar-refractivity contribution in [1.29, 1.82) is 5.26 Å². The number of nitrogens with zero attached hydrogens (tertiary/aromatic N) is 1. The van der Waals surface area contributed by atoms with Crippen molar-refractivity contribution >= 4 is 16.0 Å². The number of hydrogen-bond acceptors (Lipinski definition) is 4. The lowest BCUT2D eigenvalue weighted by atomic mass is 9.91. The van der Waals surface area contributed by atoms with E-state index in [1.165, 1.54) is 0 Å². The van der Waals surface area contributed by atoms with Gasteiger partial charge in [0.2, 0.25) is 10.0 Å². The highest BCUT2D eigenvalue weighted by Gasteiger charge is 2.39. The number of sulfonamides is 1. The van der Waals surface area contributed by atoms with Crippen LogP contribution in [0.3, 0.4) is 0 Å². The van der Waals surface area contributed by atoms with Crippen molar-refractivity contribution in [3.05, 3.63) is 0 Å². The topological polar surface area (TPSA) is 107 Å². The molecule has 1 aliphatic rings. The van der Waals surface area contributed by atoms with E-state index in [4.69, 9.17) is 5.11 Å². The average Bonchev–Trinajstić information content (AvgIpc) is 2.82. The lowest BCUT2D eigenvalue weighted by Gasteiger charge is -2.22. The second-order valence-corrected chi connectivity index (χ2v) is 7.26. The summed E-state index contributed by atoms with van der Waals surface area (Å²) < 4.78 is 26.4. The Morgan fingerprint density at radius 2 is 2.05 bits per heavy atom. The molecule has 2 N–H and O–H groups in total. The second-order valence-electron chi connectivity index (χ2n) is 5.51. The molecule has 7 heteroatoms. The molecular formula is C13H22N2O4S. The van der Waals surface area contributed by atoms with Gasteiger partial charge in [-0.2, -0.15) is 5.26 Å². The zero-order valence-corrected chi connectivity index (χ0v) is 12.6. The van der Waals surface area contributed by atoms with Gasteiger partial charge in [-0.1, -0.05) is 32.6 Å². The molecule has 0 bridgehead atoms. The van der Waals surface area contributed by atoms with Crippen LogP contribution in [0.4, 0.5) is 0 Å². The molecule has 0 aliphatic heterocycles. The molecule has 1 rings (SSSR count). The molecule has 0 heterocycles. The summed E-state index contributed by atoms with van der Waals surface area (Å²) in [5.41, 5.74) is -0.848. The molecule has 6 nitrogen and oxygen atoms in total. The summed E-state index contributed by atoms with van der Waals surface area (Å²) in [4.78, 5) is 11.1. The van der Waals surface area contributed by atoms with E-state index in [-0.39, 0.29) is 12.2 Å². The zero-order chi connectivity index (χ0) is 15.2. The Morgan fingerprint density at radius 1 is 1.45 bits per heavy atom. The number of unbranched alkanes of at least 4 members (excludes halogenated alkanes) is 1. The second kappa shape index (κ2) is 7.04. The molecule has 0 aromatic rings. The van der Waals surface area contributed by atoms with Gasteiger partial charge in [-0.05, 0) is 19.3 Å². The molecule has 0 aromatic heterocycles. The highest BCUT2D eigenvalue weighted by atomic mass is 32.2. The molecule has 1 fully saturated rings. The lowest BCUT2D eigenvalue weighted by Crippen LogP contribution is -2.44. The molecule has 1 unspecified atom stereocenters. The third-order valence-corrected chi connectivity index (χ3v) is 5.31. The Kier molecular flexibility index (Phi) is 5.96. The van der Waals surface area contributed by atoms with Gasteiger partial charge in [-0.15, -0.1) is 0 Å². The van der Waals surface area contributed by atoms with Crippen molar-refractivity contribution in [2.24, 2.45) is 5.41 Å². The molecule has 1 atom stereocenters. The Bertz CT molecular complexity index is 475. The molecule has 0 saturated heterocycles. The fourth-order valence-electron chi connectivity index (χ4n) is 2.60. The maximum Gasteiger partial charge on any atom is 0.321 e. The van der Waals surface area contributed by atoms with E-state index in [1.807, 2.05) is 6.92 Å². The molecule has 1 saturated carbocycles. The first-order chi connectivity index (χ1) is 9.34. The van der Waals surface area contributed by atoms with Gasteiger partial charge in [-0.25, -0.2) is 13.1 Å². The lowest BCUT2D eigenvalue weighted by molar-refractivity contribution is -0.139. The summed E-state index contributed by atoms with van der Waals surface area (Å²) in [5, 5.41) is 18.3. The van der Waals surface area contributed by atoms with Crippen molar-refractivity contribution in [3.63, 3.8) is 0 Å². The number of nitrogens with one attached hydrogen (secondary N) is 1. The predicted molar refractivity (Wildman–Crippen MR) is 74.4 cm³/mol. The van der Waals surface area contributed by atoms with Gasteiger partial charge in [-0.3, -0.25) is 4.79 Å². The zero-order valence-electron chi connectivity index (χ0n) is 11.8. The quantitative estimate of drug-likeness (QED) is 0.708. The summed E-state index contributed by atoms with van der Waals surface area (Å²) in [6.07, 6.45) is 4.54. The Balaban J connectivity index is 2.72. The predicted octanol–water partition coefficient (Wildman–Crippen LogP) is 1.63. The number of carboxylic acids is 1. The number of hydrogen-bond donors (Lipinski definition) is 2. The minimum Gasteiger partial charge on any atom is -0.480 e. The van der Waals surface area contributed by atoms with E-state index in [2.05, 4.69) is 10.8 Å². The van der Waals surface area contributed by atoms with Gasteiger partial charge in [0.15, 0.2) is 0 Å². The van der Waals surface area contributed by atoms with Crippen LogP contribution in [0.2, 0.25) is 0 Å². The number of aliphatic carboxylic acids is 1. The van der Waals surface area contributed by atoms with Crippen LogP contribution in [-0.2, 0) is 14.8 Å². The van der Waals surface area contributed by atoms with Crippen LogP contribution in [0.1, 0.15) is 51.9 Å². The van der Waals surface area contributed by atoms with Crippen LogP contribution in [0.5, 0.6) is 0 Å². The van der Waals surface area contributed by atoms with Crippen LogP contribution >= 0.6 is 0 Å². The van der Waals surface area contributed by atoms with E-state index in [1.54, 1.807) is 0 Å². The van der Waals surface area contributed by atoms with E-state index >= 15 is 0 Å². The van der Waals surface area contributed by atoms with E-state index in [9.17, 15) is 18.5 Å². The van der Waals surface area contributed by atoms with Crippen molar-refractivity contribution in [2.45, 2.75) is 57.9 Å². The van der Waals surface area contributed by atoms with Crippen LogP contribution in [-0.4, -0.2) is 31.3 Å². The molecule has 20 heavy (non-hydrogen) atoms. The Labute approximate surface area is 120 Å². The largest absolute Gasteiger partial charge is 0.480 e. The van der Waals surface area contributed by atoms with Crippen LogP contribution in [0.25, 0.3) is 0 Å². The number of nitriles is 1. The molecule has 0 aromatic carbocycles. The van der Waals surface area contributed by atoms with Gasteiger partial charge >= 0.3 is 5.97 Å². The molecule has 1 aliphatic carbocycles. The maximum atomic E-state index is 12.1. The number of carboxylic acid groups (broad SMARTS) is 1. The maximum absolute atomic E-state index is 12.1. The molecule has 0 spiro atoms. The Hall–Kier alpha value is -1.13.